The second-order valence-corrected chi connectivity index (χ2v) is 3.53. The molecule has 20 heavy (non-hydrogen) atoms. The van der Waals surface area contributed by atoms with E-state index in [9.17, 15) is 25.0 Å². The zero-order chi connectivity index (χ0) is 15.1. The van der Waals surface area contributed by atoms with E-state index in [-0.39, 0.29) is 12.1 Å². The van der Waals surface area contributed by atoms with E-state index in [1.807, 2.05) is 0 Å². The van der Waals surface area contributed by atoms with Crippen LogP contribution in [0.15, 0.2) is 30.9 Å². The van der Waals surface area contributed by atoms with Gasteiger partial charge in [0.15, 0.2) is 0 Å². The van der Waals surface area contributed by atoms with Gasteiger partial charge in [-0.3, -0.25) is 20.2 Å². The Balaban J connectivity index is 2.96. The second kappa shape index (κ2) is 6.83. The number of carbonyl (C=O) groups is 1. The second-order valence-electron chi connectivity index (χ2n) is 3.53. The Hall–Kier alpha value is -2.97. The average molecular weight is 281 g/mol. The number of benzene rings is 1. The summed E-state index contributed by atoms with van der Waals surface area (Å²) >= 11 is 0. The van der Waals surface area contributed by atoms with Gasteiger partial charge in [0.25, 0.3) is 11.4 Å². The maximum atomic E-state index is 11.2. The predicted molar refractivity (Wildman–Crippen MR) is 68.1 cm³/mol. The number of carbonyl (C=O) groups excluding carboxylic acids is 1. The number of nitrogens with zero attached hydrogens (tertiary/aromatic N) is 2. The molecule has 0 heterocycles. The molecule has 1 aromatic carbocycles. The van der Waals surface area contributed by atoms with Gasteiger partial charge in [-0.15, -0.1) is 6.58 Å². The number of alkyl carbamates (subject to hydrolysis) is 1. The third-order valence-electron chi connectivity index (χ3n) is 2.26. The highest BCUT2D eigenvalue weighted by Gasteiger charge is 2.25. The molecule has 0 saturated carbocycles. The van der Waals surface area contributed by atoms with Crippen LogP contribution in [0.3, 0.4) is 0 Å². The monoisotopic (exact) mass is 281 g/mol. The minimum absolute atomic E-state index is 0.151. The summed E-state index contributed by atoms with van der Waals surface area (Å²) in [6.45, 7) is 2.95. The Kier molecular flexibility index (Phi) is 5.15. The molecular formula is C11H11N3O6. The third-order valence-corrected chi connectivity index (χ3v) is 2.26. The highest BCUT2D eigenvalue weighted by Crippen LogP contribution is 2.28. The molecule has 9 heteroatoms. The van der Waals surface area contributed by atoms with E-state index in [0.717, 1.165) is 12.1 Å². The van der Waals surface area contributed by atoms with Crippen LogP contribution in [0.25, 0.3) is 0 Å². The SMILES string of the molecule is C=CCNC(=O)OCc1c([N+](=O)[O-])cccc1[N+](=O)[O-]. The fourth-order valence-electron chi connectivity index (χ4n) is 1.40. The number of nitro benzene ring substituents is 2. The number of rotatable bonds is 6. The number of hydrogen-bond donors (Lipinski definition) is 1. The molecule has 1 amide bonds. The van der Waals surface area contributed by atoms with Gasteiger partial charge in [-0.25, -0.2) is 4.79 Å². The minimum Gasteiger partial charge on any atom is -0.444 e. The molecule has 9 nitrogen and oxygen atoms in total. The lowest BCUT2D eigenvalue weighted by Crippen LogP contribution is -2.24. The fraction of sp³-hybridized carbons (Fsp3) is 0.182. The van der Waals surface area contributed by atoms with Crippen LogP contribution in [0.1, 0.15) is 5.56 Å². The normalized spacial score (nSPS) is 9.60. The first-order valence-corrected chi connectivity index (χ1v) is 5.39. The lowest BCUT2D eigenvalue weighted by Gasteiger charge is -2.06. The third kappa shape index (κ3) is 3.77. The first kappa shape index (κ1) is 15.1. The molecule has 1 aromatic rings. The number of nitrogens with one attached hydrogen (secondary N) is 1. The summed E-state index contributed by atoms with van der Waals surface area (Å²) in [6.07, 6.45) is 0.562. The fourth-order valence-corrected chi connectivity index (χ4v) is 1.40. The van der Waals surface area contributed by atoms with Crippen molar-refractivity contribution >= 4 is 17.5 Å². The van der Waals surface area contributed by atoms with Gasteiger partial charge in [-0.2, -0.15) is 0 Å². The largest absolute Gasteiger partial charge is 0.444 e. The zero-order valence-electron chi connectivity index (χ0n) is 10.3. The summed E-state index contributed by atoms with van der Waals surface area (Å²) < 4.78 is 4.71. The van der Waals surface area contributed by atoms with Crippen LogP contribution in [-0.2, 0) is 11.3 Å². The molecule has 0 aromatic heterocycles. The first-order chi connectivity index (χ1) is 9.47. The molecule has 0 saturated heterocycles. The van der Waals surface area contributed by atoms with Crippen molar-refractivity contribution in [2.75, 3.05) is 6.54 Å². The van der Waals surface area contributed by atoms with Crippen molar-refractivity contribution < 1.29 is 19.4 Å². The molecule has 0 spiro atoms. The maximum Gasteiger partial charge on any atom is 0.407 e. The minimum atomic E-state index is -0.850. The summed E-state index contributed by atoms with van der Waals surface area (Å²) in [6, 6.07) is 3.40. The summed E-state index contributed by atoms with van der Waals surface area (Å²) in [5.41, 5.74) is -1.22. The van der Waals surface area contributed by atoms with Gasteiger partial charge in [0, 0.05) is 18.7 Å². The molecule has 1 rings (SSSR count). The van der Waals surface area contributed by atoms with Crippen molar-refractivity contribution in [1.29, 1.82) is 0 Å². The lowest BCUT2D eigenvalue weighted by molar-refractivity contribution is -0.396. The number of ether oxygens (including phenoxy) is 1. The Morgan fingerprint density at radius 2 is 1.85 bits per heavy atom. The molecule has 0 aliphatic rings. The molecule has 0 bridgehead atoms. The van der Waals surface area contributed by atoms with Crippen molar-refractivity contribution in [1.82, 2.24) is 5.32 Å². The zero-order valence-corrected chi connectivity index (χ0v) is 10.3. The van der Waals surface area contributed by atoms with Gasteiger partial charge < -0.3 is 10.1 Å². The lowest BCUT2D eigenvalue weighted by atomic mass is 10.1. The van der Waals surface area contributed by atoms with Crippen molar-refractivity contribution in [3.63, 3.8) is 0 Å². The van der Waals surface area contributed by atoms with Crippen molar-refractivity contribution in [3.8, 4) is 0 Å². The summed E-state index contributed by atoms with van der Waals surface area (Å²) in [5, 5.41) is 23.9. The molecule has 0 fully saturated rings. The number of amides is 1. The molecule has 106 valence electrons. The van der Waals surface area contributed by atoms with E-state index >= 15 is 0 Å². The van der Waals surface area contributed by atoms with Crippen molar-refractivity contribution in [2.24, 2.45) is 0 Å². The van der Waals surface area contributed by atoms with Crippen LogP contribution in [-0.4, -0.2) is 22.5 Å². The quantitative estimate of drug-likeness (QED) is 0.482. The van der Waals surface area contributed by atoms with E-state index < -0.39 is 33.9 Å². The van der Waals surface area contributed by atoms with Crippen LogP contribution < -0.4 is 5.32 Å². The molecular weight excluding hydrogens is 270 g/mol. The highest BCUT2D eigenvalue weighted by molar-refractivity contribution is 5.67. The Bertz CT molecular complexity index is 525. The molecule has 0 aliphatic carbocycles. The summed E-state index contributed by atoms with van der Waals surface area (Å²) in [4.78, 5) is 31.3. The smallest absolute Gasteiger partial charge is 0.407 e. The van der Waals surface area contributed by atoms with Crippen LogP contribution >= 0.6 is 0 Å². The van der Waals surface area contributed by atoms with Gasteiger partial charge in [0.05, 0.1) is 9.85 Å². The van der Waals surface area contributed by atoms with E-state index in [1.165, 1.54) is 12.1 Å². The van der Waals surface area contributed by atoms with Crippen LogP contribution in [0, 0.1) is 20.2 Å². The number of nitro groups is 2. The van der Waals surface area contributed by atoms with Crippen LogP contribution in [0.5, 0.6) is 0 Å². The summed E-state index contributed by atoms with van der Waals surface area (Å²) in [7, 11) is 0. The summed E-state index contributed by atoms with van der Waals surface area (Å²) in [5.74, 6) is 0. The van der Waals surface area contributed by atoms with Crippen LogP contribution in [0.2, 0.25) is 0 Å². The molecule has 0 unspecified atom stereocenters. The van der Waals surface area contributed by atoms with Gasteiger partial charge in [0.1, 0.15) is 12.2 Å². The van der Waals surface area contributed by atoms with E-state index in [4.69, 9.17) is 4.74 Å². The predicted octanol–water partition coefficient (Wildman–Crippen LogP) is 1.92. The molecule has 1 N–H and O–H groups in total. The van der Waals surface area contributed by atoms with Crippen molar-refractivity contribution in [3.05, 3.63) is 56.6 Å². The number of hydrogen-bond acceptors (Lipinski definition) is 6. The van der Waals surface area contributed by atoms with Gasteiger partial charge >= 0.3 is 6.09 Å². The molecule has 0 radical (unpaired) electrons. The maximum absolute atomic E-state index is 11.2. The van der Waals surface area contributed by atoms with E-state index in [0.29, 0.717) is 0 Å². The average Bonchev–Trinajstić information content (AvgIpc) is 2.42. The van der Waals surface area contributed by atoms with Crippen molar-refractivity contribution in [2.45, 2.75) is 6.61 Å². The van der Waals surface area contributed by atoms with E-state index in [1.54, 1.807) is 0 Å². The topological polar surface area (TPSA) is 125 Å². The Morgan fingerprint density at radius 1 is 1.30 bits per heavy atom. The Labute approximate surface area is 113 Å². The van der Waals surface area contributed by atoms with E-state index in [2.05, 4.69) is 11.9 Å². The first-order valence-electron chi connectivity index (χ1n) is 5.39. The van der Waals surface area contributed by atoms with Gasteiger partial charge in [-0.1, -0.05) is 6.08 Å². The van der Waals surface area contributed by atoms with Crippen LogP contribution in [0.4, 0.5) is 16.2 Å². The Morgan fingerprint density at radius 3 is 2.30 bits per heavy atom. The standard InChI is InChI=1S/C11H11N3O6/c1-2-6-12-11(15)20-7-8-9(13(16)17)4-3-5-10(8)14(18)19/h2-5H,1,6-7H2,(H,12,15). The highest BCUT2D eigenvalue weighted by atomic mass is 16.6. The molecule has 0 atom stereocenters. The van der Waals surface area contributed by atoms with Gasteiger partial charge in [-0.05, 0) is 6.07 Å². The molecule has 0 aliphatic heterocycles. The van der Waals surface area contributed by atoms with Gasteiger partial charge in [0.2, 0.25) is 0 Å².